The molecular weight excluding hydrogens is 711 g/mol. The van der Waals surface area contributed by atoms with E-state index in [4.69, 9.17) is 9.47 Å². The van der Waals surface area contributed by atoms with Crippen LogP contribution in [0.4, 0.5) is 4.79 Å². The van der Waals surface area contributed by atoms with Crippen molar-refractivity contribution in [3.63, 3.8) is 0 Å². The molecule has 1 heterocycles. The number of alkyl carbamates (subject to hydrolysis) is 1. The number of carbonyl (C=O) groups excluding carboxylic acids is 3. The van der Waals surface area contributed by atoms with Gasteiger partial charge in [-0.25, -0.2) is 4.79 Å². The fourth-order valence-electron chi connectivity index (χ4n) is 7.42. The molecule has 1 aromatic carbocycles. The predicted molar refractivity (Wildman–Crippen MR) is 223 cm³/mol. The van der Waals surface area contributed by atoms with Crippen LogP contribution < -0.4 is 10.6 Å². The Morgan fingerprint density at radius 2 is 1.20 bits per heavy atom. The third kappa shape index (κ3) is 20.6. The van der Waals surface area contributed by atoms with Crippen molar-refractivity contribution in [1.82, 2.24) is 15.5 Å². The summed E-state index contributed by atoms with van der Waals surface area (Å²) in [5, 5.41) is 37.5. The van der Waals surface area contributed by atoms with Gasteiger partial charge in [0.05, 0.1) is 6.61 Å². The van der Waals surface area contributed by atoms with E-state index < -0.39 is 55.2 Å². The van der Waals surface area contributed by atoms with Crippen LogP contribution in [0.2, 0.25) is 0 Å². The first kappa shape index (κ1) is 49.4. The summed E-state index contributed by atoms with van der Waals surface area (Å²) in [6, 6.07) is 6.90. The van der Waals surface area contributed by atoms with Gasteiger partial charge in [0.1, 0.15) is 37.0 Å². The number of unbranched alkanes of at least 4 members (excludes halogenated alkanes) is 21. The first-order valence-corrected chi connectivity index (χ1v) is 22.4. The largest absolute Gasteiger partial charge is 0.445 e. The molecule has 0 unspecified atom stereocenters. The van der Waals surface area contributed by atoms with Gasteiger partial charge in [-0.1, -0.05) is 179 Å². The van der Waals surface area contributed by atoms with Crippen LogP contribution in [0.1, 0.15) is 180 Å². The van der Waals surface area contributed by atoms with E-state index in [0.717, 1.165) is 50.5 Å². The standard InChI is InChI=1S/C45H79N3O8/c1-4-6-8-10-12-14-16-17-18-19-21-23-28-32-39(50)48(33-29-24-22-20-15-13-11-9-7-5-2)44-40(42(52)41(51)38(34-49)56-44)47-43(53)36(3)46-45(54)55-35-37-30-26-25-27-31-37/h25-27,30-31,36,38,40-42,44,49,51-52H,4-24,28-29,32-35H2,1-3H3,(H,46,54)(H,47,53)/t36-,38+,40+,41+,42+,44+/m0/s1. The lowest BCUT2D eigenvalue weighted by Gasteiger charge is -2.47. The summed E-state index contributed by atoms with van der Waals surface area (Å²) in [5.74, 6) is -0.791. The van der Waals surface area contributed by atoms with Gasteiger partial charge in [0.15, 0.2) is 6.23 Å². The number of aliphatic hydroxyl groups is 3. The van der Waals surface area contributed by atoms with E-state index in [9.17, 15) is 29.7 Å². The average molecular weight is 790 g/mol. The molecule has 1 aliphatic rings. The molecule has 6 atom stereocenters. The van der Waals surface area contributed by atoms with Crippen LogP contribution in [-0.4, -0.2) is 87.9 Å². The van der Waals surface area contributed by atoms with Crippen molar-refractivity contribution >= 4 is 17.9 Å². The van der Waals surface area contributed by atoms with Gasteiger partial charge in [0, 0.05) is 13.0 Å². The molecule has 11 heteroatoms. The van der Waals surface area contributed by atoms with E-state index in [1.54, 1.807) is 4.90 Å². The number of amides is 3. The summed E-state index contributed by atoms with van der Waals surface area (Å²) in [6.45, 7) is 5.77. The van der Waals surface area contributed by atoms with Crippen LogP contribution in [0.5, 0.6) is 0 Å². The second-order valence-electron chi connectivity index (χ2n) is 16.0. The summed E-state index contributed by atoms with van der Waals surface area (Å²) in [7, 11) is 0. The Kier molecular flexibility index (Phi) is 27.6. The lowest BCUT2D eigenvalue weighted by Crippen LogP contribution is -2.69. The zero-order valence-corrected chi connectivity index (χ0v) is 35.3. The number of hydrogen-bond acceptors (Lipinski definition) is 8. The zero-order valence-electron chi connectivity index (χ0n) is 35.3. The summed E-state index contributed by atoms with van der Waals surface area (Å²) < 4.78 is 11.4. The summed E-state index contributed by atoms with van der Waals surface area (Å²) in [4.78, 5) is 41.5. The number of benzene rings is 1. The third-order valence-corrected chi connectivity index (χ3v) is 11.0. The lowest BCUT2D eigenvalue weighted by atomic mass is 9.94. The fourth-order valence-corrected chi connectivity index (χ4v) is 7.42. The second kappa shape index (κ2) is 31.3. The predicted octanol–water partition coefficient (Wildman–Crippen LogP) is 8.46. The lowest BCUT2D eigenvalue weighted by molar-refractivity contribution is -0.231. The maximum atomic E-state index is 14.0. The molecule has 1 fully saturated rings. The van der Waals surface area contributed by atoms with Crippen LogP contribution in [-0.2, 0) is 25.7 Å². The molecule has 0 aliphatic carbocycles. The molecule has 0 aromatic heterocycles. The maximum absolute atomic E-state index is 14.0. The molecule has 11 nitrogen and oxygen atoms in total. The number of aliphatic hydroxyl groups excluding tert-OH is 3. The van der Waals surface area contributed by atoms with Crippen LogP contribution in [0.25, 0.3) is 0 Å². The van der Waals surface area contributed by atoms with Crippen molar-refractivity contribution in [3.8, 4) is 0 Å². The number of hydrogen-bond donors (Lipinski definition) is 5. The molecule has 3 amide bonds. The highest BCUT2D eigenvalue weighted by molar-refractivity contribution is 5.85. The number of rotatable bonds is 32. The second-order valence-corrected chi connectivity index (χ2v) is 16.0. The minimum absolute atomic E-state index is 0.0301. The molecule has 0 saturated carbocycles. The van der Waals surface area contributed by atoms with Gasteiger partial charge in [-0.15, -0.1) is 0 Å². The topological polar surface area (TPSA) is 158 Å². The molecular formula is C45H79N3O8. The summed E-state index contributed by atoms with van der Waals surface area (Å²) in [6.07, 6.45) is 21.1. The highest BCUT2D eigenvalue weighted by Crippen LogP contribution is 2.26. The van der Waals surface area contributed by atoms with Gasteiger partial charge < -0.3 is 40.3 Å². The Labute approximate surface area is 339 Å². The van der Waals surface area contributed by atoms with Gasteiger partial charge in [0.2, 0.25) is 11.8 Å². The highest BCUT2D eigenvalue weighted by Gasteiger charge is 2.48. The Hall–Kier alpha value is -2.73. The summed E-state index contributed by atoms with van der Waals surface area (Å²) in [5.41, 5.74) is 0.795. The Bertz CT molecular complexity index is 1160. The monoisotopic (exact) mass is 790 g/mol. The SMILES string of the molecule is CCCCCCCCCCCCCCCC(=O)N(CCCCCCCCCCCC)[C@@H]1O[C@H](CO)[C@@H](O)[C@H](O)[C@H]1NC(=O)[C@H](C)NC(=O)OCc1ccccc1. The Balaban J connectivity index is 2.01. The van der Waals surface area contributed by atoms with Crippen molar-refractivity contribution in [2.75, 3.05) is 13.2 Å². The van der Waals surface area contributed by atoms with E-state index in [2.05, 4.69) is 24.5 Å². The molecule has 5 N–H and O–H groups in total. The fraction of sp³-hybridized carbons (Fsp3) is 0.800. The van der Waals surface area contributed by atoms with Crippen molar-refractivity contribution in [2.45, 2.75) is 218 Å². The van der Waals surface area contributed by atoms with Crippen LogP contribution in [0.15, 0.2) is 30.3 Å². The quantitative estimate of drug-likeness (QED) is 0.0455. The number of ether oxygens (including phenoxy) is 2. The Morgan fingerprint density at radius 3 is 1.70 bits per heavy atom. The molecule has 0 radical (unpaired) electrons. The van der Waals surface area contributed by atoms with Crippen molar-refractivity contribution in [2.24, 2.45) is 0 Å². The van der Waals surface area contributed by atoms with E-state index in [1.165, 1.54) is 103 Å². The van der Waals surface area contributed by atoms with Crippen molar-refractivity contribution in [3.05, 3.63) is 35.9 Å². The van der Waals surface area contributed by atoms with E-state index in [1.807, 2.05) is 30.3 Å². The molecule has 1 aliphatic heterocycles. The highest BCUT2D eigenvalue weighted by atomic mass is 16.6. The van der Waals surface area contributed by atoms with Gasteiger partial charge in [-0.3, -0.25) is 9.59 Å². The number of carbonyl (C=O) groups is 3. The third-order valence-electron chi connectivity index (χ3n) is 11.0. The number of nitrogens with one attached hydrogen (secondary N) is 2. The summed E-state index contributed by atoms with van der Waals surface area (Å²) >= 11 is 0. The first-order valence-electron chi connectivity index (χ1n) is 22.4. The Morgan fingerprint density at radius 1 is 0.714 bits per heavy atom. The maximum Gasteiger partial charge on any atom is 0.408 e. The molecule has 56 heavy (non-hydrogen) atoms. The molecule has 0 spiro atoms. The molecule has 1 aromatic rings. The van der Waals surface area contributed by atoms with Crippen LogP contribution in [0, 0.1) is 0 Å². The smallest absolute Gasteiger partial charge is 0.408 e. The van der Waals surface area contributed by atoms with Crippen molar-refractivity contribution in [1.29, 1.82) is 0 Å². The van der Waals surface area contributed by atoms with E-state index in [0.29, 0.717) is 19.4 Å². The van der Waals surface area contributed by atoms with Gasteiger partial charge in [0.25, 0.3) is 0 Å². The van der Waals surface area contributed by atoms with Gasteiger partial charge in [-0.05, 0) is 25.3 Å². The van der Waals surface area contributed by atoms with Crippen LogP contribution >= 0.6 is 0 Å². The minimum atomic E-state index is -1.54. The normalized spacial score (nSPS) is 20.0. The number of nitrogens with zero attached hydrogens (tertiary/aromatic N) is 1. The molecule has 2 rings (SSSR count). The van der Waals surface area contributed by atoms with Crippen LogP contribution in [0.3, 0.4) is 0 Å². The van der Waals surface area contributed by atoms with E-state index >= 15 is 0 Å². The van der Waals surface area contributed by atoms with Gasteiger partial charge in [-0.2, -0.15) is 0 Å². The average Bonchev–Trinajstić information content (AvgIpc) is 3.20. The molecule has 1 saturated heterocycles. The minimum Gasteiger partial charge on any atom is -0.445 e. The first-order chi connectivity index (χ1) is 27.2. The zero-order chi connectivity index (χ0) is 40.8. The molecule has 322 valence electrons. The molecule has 0 bridgehead atoms. The van der Waals surface area contributed by atoms with Gasteiger partial charge >= 0.3 is 6.09 Å². The van der Waals surface area contributed by atoms with Crippen molar-refractivity contribution < 1.29 is 39.2 Å². The van der Waals surface area contributed by atoms with E-state index in [-0.39, 0.29) is 12.5 Å².